The van der Waals surface area contributed by atoms with Gasteiger partial charge >= 0.3 is 0 Å². The molecule has 20 heavy (non-hydrogen) atoms. The molecule has 3 N–H and O–H groups in total. The molecule has 0 aliphatic heterocycles. The highest BCUT2D eigenvalue weighted by molar-refractivity contribution is 7.89. The van der Waals surface area contributed by atoms with E-state index in [-0.39, 0.29) is 17.4 Å². The Balaban J connectivity index is 3.14. The number of rotatable bonds is 6. The zero-order valence-corrected chi connectivity index (χ0v) is 13.2. The van der Waals surface area contributed by atoms with E-state index in [1.807, 2.05) is 13.8 Å². The van der Waals surface area contributed by atoms with Crippen molar-refractivity contribution in [2.45, 2.75) is 44.6 Å². The first-order valence-corrected chi connectivity index (χ1v) is 8.08. The lowest BCUT2D eigenvalue weighted by Crippen LogP contribution is -2.52. The van der Waals surface area contributed by atoms with Gasteiger partial charge < -0.3 is 5.73 Å². The van der Waals surface area contributed by atoms with Gasteiger partial charge in [-0.1, -0.05) is 19.9 Å². The molecule has 1 rings (SSSR count). The number of sulfonamides is 1. The van der Waals surface area contributed by atoms with Gasteiger partial charge in [0.2, 0.25) is 10.0 Å². The monoisotopic (exact) mass is 302 g/mol. The van der Waals surface area contributed by atoms with Gasteiger partial charge in [-0.05, 0) is 43.9 Å². The molecule has 0 radical (unpaired) electrons. The van der Waals surface area contributed by atoms with E-state index in [9.17, 15) is 12.8 Å². The van der Waals surface area contributed by atoms with E-state index in [0.717, 1.165) is 6.07 Å². The van der Waals surface area contributed by atoms with Crippen molar-refractivity contribution in [3.8, 4) is 0 Å². The minimum absolute atomic E-state index is 0.151. The van der Waals surface area contributed by atoms with E-state index in [2.05, 4.69) is 4.72 Å². The minimum atomic E-state index is -3.93. The second-order valence-corrected chi connectivity index (χ2v) is 7.55. The van der Waals surface area contributed by atoms with E-state index in [0.29, 0.717) is 12.0 Å². The summed E-state index contributed by atoms with van der Waals surface area (Å²) in [4.78, 5) is -0.332. The zero-order valence-electron chi connectivity index (χ0n) is 12.4. The number of hydrogen-bond acceptors (Lipinski definition) is 3. The standard InChI is InChI=1S/C14H23FN2O2S/c1-10(2)8-14(4,9-16)17-20(18,19)13-7-11(3)5-6-12(13)15/h5-7,10,17H,8-9,16H2,1-4H3. The number of aryl methyl sites for hydroxylation is 1. The molecular formula is C14H23FN2O2S. The fourth-order valence-corrected chi connectivity index (χ4v) is 3.85. The van der Waals surface area contributed by atoms with Crippen LogP contribution in [0.15, 0.2) is 23.1 Å². The van der Waals surface area contributed by atoms with Crippen molar-refractivity contribution in [1.82, 2.24) is 4.72 Å². The van der Waals surface area contributed by atoms with Crippen molar-refractivity contribution in [2.24, 2.45) is 11.7 Å². The number of benzene rings is 1. The summed E-state index contributed by atoms with van der Waals surface area (Å²) in [6.07, 6.45) is 0.580. The Bertz CT molecular complexity index is 573. The lowest BCUT2D eigenvalue weighted by molar-refractivity contribution is 0.344. The lowest BCUT2D eigenvalue weighted by Gasteiger charge is -2.30. The summed E-state index contributed by atoms with van der Waals surface area (Å²) in [6.45, 7) is 7.57. The summed E-state index contributed by atoms with van der Waals surface area (Å²) in [7, 11) is -3.93. The molecule has 0 aromatic heterocycles. The first-order chi connectivity index (χ1) is 9.09. The molecule has 0 spiro atoms. The molecule has 6 heteroatoms. The van der Waals surface area contributed by atoms with Crippen LogP contribution in [0.25, 0.3) is 0 Å². The Morgan fingerprint density at radius 1 is 1.40 bits per heavy atom. The topological polar surface area (TPSA) is 72.2 Å². The van der Waals surface area contributed by atoms with Crippen LogP contribution < -0.4 is 10.5 Å². The Labute approximate surface area is 120 Å². The van der Waals surface area contributed by atoms with E-state index in [1.54, 1.807) is 13.8 Å². The first kappa shape index (κ1) is 17.1. The van der Waals surface area contributed by atoms with Crippen LogP contribution in [-0.2, 0) is 10.0 Å². The van der Waals surface area contributed by atoms with Gasteiger partial charge in [-0.25, -0.2) is 17.5 Å². The normalized spacial score (nSPS) is 15.3. The average molecular weight is 302 g/mol. The van der Waals surface area contributed by atoms with Crippen molar-refractivity contribution in [3.63, 3.8) is 0 Å². The van der Waals surface area contributed by atoms with Crippen LogP contribution in [0.3, 0.4) is 0 Å². The molecule has 1 aromatic rings. The fraction of sp³-hybridized carbons (Fsp3) is 0.571. The molecule has 0 saturated carbocycles. The van der Waals surface area contributed by atoms with Crippen molar-refractivity contribution >= 4 is 10.0 Å². The molecule has 1 atom stereocenters. The molecule has 1 unspecified atom stereocenters. The van der Waals surface area contributed by atoms with Gasteiger partial charge in [-0.3, -0.25) is 0 Å². The highest BCUT2D eigenvalue weighted by Gasteiger charge is 2.31. The van der Waals surface area contributed by atoms with Crippen LogP contribution in [0, 0.1) is 18.7 Å². The second kappa shape index (κ2) is 6.20. The van der Waals surface area contributed by atoms with Gasteiger partial charge in [0.1, 0.15) is 10.7 Å². The maximum atomic E-state index is 13.8. The quantitative estimate of drug-likeness (QED) is 0.846. The number of hydrogen-bond donors (Lipinski definition) is 2. The van der Waals surface area contributed by atoms with E-state index >= 15 is 0 Å². The molecular weight excluding hydrogens is 279 g/mol. The molecule has 0 amide bonds. The molecule has 114 valence electrons. The van der Waals surface area contributed by atoms with Gasteiger partial charge in [0.25, 0.3) is 0 Å². The summed E-state index contributed by atoms with van der Waals surface area (Å²) in [5.74, 6) is -0.486. The molecule has 1 aromatic carbocycles. The molecule has 0 aliphatic carbocycles. The second-order valence-electron chi connectivity index (χ2n) is 5.90. The van der Waals surface area contributed by atoms with Crippen LogP contribution in [0.1, 0.15) is 32.8 Å². The molecule has 0 bridgehead atoms. The molecule has 0 aliphatic rings. The van der Waals surface area contributed by atoms with Gasteiger partial charge in [0.15, 0.2) is 0 Å². The highest BCUT2D eigenvalue weighted by Crippen LogP contribution is 2.21. The highest BCUT2D eigenvalue weighted by atomic mass is 32.2. The van der Waals surface area contributed by atoms with Crippen molar-refractivity contribution in [2.75, 3.05) is 6.54 Å². The Morgan fingerprint density at radius 2 is 2.00 bits per heavy atom. The predicted molar refractivity (Wildman–Crippen MR) is 78.4 cm³/mol. The lowest BCUT2D eigenvalue weighted by atomic mass is 9.92. The van der Waals surface area contributed by atoms with E-state index in [4.69, 9.17) is 5.73 Å². The molecule has 0 heterocycles. The summed E-state index contributed by atoms with van der Waals surface area (Å²) < 4.78 is 41.0. The summed E-state index contributed by atoms with van der Waals surface area (Å²) in [5, 5.41) is 0. The predicted octanol–water partition coefficient (Wildman–Crippen LogP) is 2.18. The summed E-state index contributed by atoms with van der Waals surface area (Å²) in [5.41, 5.74) is 5.58. The van der Waals surface area contributed by atoms with Crippen LogP contribution >= 0.6 is 0 Å². The van der Waals surface area contributed by atoms with E-state index in [1.165, 1.54) is 12.1 Å². The van der Waals surface area contributed by atoms with E-state index < -0.39 is 21.4 Å². The molecule has 4 nitrogen and oxygen atoms in total. The smallest absolute Gasteiger partial charge is 0.244 e. The van der Waals surface area contributed by atoms with Crippen molar-refractivity contribution in [3.05, 3.63) is 29.6 Å². The number of halogens is 1. The van der Waals surface area contributed by atoms with Crippen molar-refractivity contribution < 1.29 is 12.8 Å². The third kappa shape index (κ3) is 4.26. The average Bonchev–Trinajstić information content (AvgIpc) is 2.30. The molecule has 0 saturated heterocycles. The largest absolute Gasteiger partial charge is 0.329 e. The Morgan fingerprint density at radius 3 is 2.50 bits per heavy atom. The first-order valence-electron chi connectivity index (χ1n) is 6.60. The van der Waals surface area contributed by atoms with Crippen LogP contribution in [0.2, 0.25) is 0 Å². The van der Waals surface area contributed by atoms with Crippen LogP contribution in [0.5, 0.6) is 0 Å². The fourth-order valence-electron chi connectivity index (χ4n) is 2.26. The maximum Gasteiger partial charge on any atom is 0.244 e. The zero-order chi connectivity index (χ0) is 15.6. The van der Waals surface area contributed by atoms with Gasteiger partial charge in [0.05, 0.1) is 0 Å². The third-order valence-electron chi connectivity index (χ3n) is 3.07. The summed E-state index contributed by atoms with van der Waals surface area (Å²) in [6, 6.07) is 4.01. The third-order valence-corrected chi connectivity index (χ3v) is 4.72. The maximum absolute atomic E-state index is 13.8. The Kier molecular flexibility index (Phi) is 5.29. The van der Waals surface area contributed by atoms with Gasteiger partial charge in [-0.15, -0.1) is 0 Å². The minimum Gasteiger partial charge on any atom is -0.329 e. The summed E-state index contributed by atoms with van der Waals surface area (Å²) >= 11 is 0. The molecule has 0 fully saturated rings. The van der Waals surface area contributed by atoms with Crippen molar-refractivity contribution in [1.29, 1.82) is 0 Å². The van der Waals surface area contributed by atoms with Gasteiger partial charge in [-0.2, -0.15) is 0 Å². The Hall–Kier alpha value is -0.980. The van der Waals surface area contributed by atoms with Crippen LogP contribution in [-0.4, -0.2) is 20.5 Å². The SMILES string of the molecule is Cc1ccc(F)c(S(=O)(=O)NC(C)(CN)CC(C)C)c1. The number of nitrogens with two attached hydrogens (primary N) is 1. The van der Waals surface area contributed by atoms with Gasteiger partial charge in [0, 0.05) is 12.1 Å². The number of nitrogens with one attached hydrogen (secondary N) is 1. The van der Waals surface area contributed by atoms with Crippen LogP contribution in [0.4, 0.5) is 4.39 Å².